The van der Waals surface area contributed by atoms with Crippen LogP contribution in [0.2, 0.25) is 5.02 Å². The fraction of sp³-hybridized carbons (Fsp3) is 0.241. The number of nitrogens with zero attached hydrogens (tertiary/aromatic N) is 1. The number of ether oxygens (including phenoxy) is 4. The summed E-state index contributed by atoms with van der Waals surface area (Å²) >= 11 is 6.24. The van der Waals surface area contributed by atoms with E-state index in [9.17, 15) is 19.1 Å². The van der Waals surface area contributed by atoms with Gasteiger partial charge in [0, 0.05) is 12.6 Å². The molecule has 3 aromatic carbocycles. The van der Waals surface area contributed by atoms with Gasteiger partial charge in [-0.1, -0.05) is 29.8 Å². The van der Waals surface area contributed by atoms with Gasteiger partial charge in [0.2, 0.25) is 0 Å². The van der Waals surface area contributed by atoms with E-state index in [2.05, 4.69) is 0 Å². The third-order valence-electron chi connectivity index (χ3n) is 6.34. The number of benzene rings is 3. The molecule has 1 amide bonds. The molecule has 3 aromatic rings. The number of aliphatic hydroxyl groups is 1. The number of Topliss-reactive ketones (excluding diaryl/α,β-unsaturated/α-hetero) is 1. The second kappa shape index (κ2) is 11.7. The van der Waals surface area contributed by atoms with E-state index < -0.39 is 29.3 Å². The van der Waals surface area contributed by atoms with Gasteiger partial charge in [0.1, 0.15) is 23.1 Å². The minimum absolute atomic E-state index is 0.0244. The summed E-state index contributed by atoms with van der Waals surface area (Å²) in [5.74, 6) is -1.37. The molecule has 1 fully saturated rings. The van der Waals surface area contributed by atoms with Gasteiger partial charge in [0.25, 0.3) is 11.7 Å². The molecule has 1 heterocycles. The largest absolute Gasteiger partial charge is 0.507 e. The normalized spacial score (nSPS) is 16.4. The Morgan fingerprint density at radius 2 is 1.59 bits per heavy atom. The molecule has 0 saturated carbocycles. The SMILES string of the molecule is CCOc1cc(C2/C(=C(\O)c3cc(OC)c(Cl)cc3OC)C(=O)C(=O)N2Cc2ccc(F)cc2)ccc1OC. The third kappa shape index (κ3) is 5.35. The zero-order valence-electron chi connectivity index (χ0n) is 21.8. The van der Waals surface area contributed by atoms with Crippen LogP contribution in [0, 0.1) is 5.82 Å². The predicted octanol–water partition coefficient (Wildman–Crippen LogP) is 5.53. The van der Waals surface area contributed by atoms with Crippen molar-refractivity contribution in [1.82, 2.24) is 4.90 Å². The Bertz CT molecular complexity index is 1440. The van der Waals surface area contributed by atoms with Crippen LogP contribution < -0.4 is 18.9 Å². The van der Waals surface area contributed by atoms with Crippen molar-refractivity contribution >= 4 is 29.1 Å². The van der Waals surface area contributed by atoms with E-state index in [-0.39, 0.29) is 34.2 Å². The number of ketones is 1. The smallest absolute Gasteiger partial charge is 0.295 e. The molecular weight excluding hydrogens is 529 g/mol. The molecule has 10 heteroatoms. The molecule has 1 saturated heterocycles. The zero-order valence-corrected chi connectivity index (χ0v) is 22.5. The molecule has 0 bridgehead atoms. The minimum Gasteiger partial charge on any atom is -0.507 e. The van der Waals surface area contributed by atoms with Gasteiger partial charge in [-0.15, -0.1) is 0 Å². The van der Waals surface area contributed by atoms with Crippen molar-refractivity contribution in [3.05, 3.63) is 87.7 Å². The maximum absolute atomic E-state index is 13.6. The van der Waals surface area contributed by atoms with E-state index in [0.717, 1.165) is 0 Å². The fourth-order valence-electron chi connectivity index (χ4n) is 4.50. The molecule has 8 nitrogen and oxygen atoms in total. The predicted molar refractivity (Wildman–Crippen MR) is 143 cm³/mol. The second-order valence-electron chi connectivity index (χ2n) is 8.58. The van der Waals surface area contributed by atoms with Crippen LogP contribution in [0.5, 0.6) is 23.0 Å². The molecule has 1 atom stereocenters. The van der Waals surface area contributed by atoms with Gasteiger partial charge in [-0.3, -0.25) is 9.59 Å². The van der Waals surface area contributed by atoms with Crippen molar-refractivity contribution in [2.75, 3.05) is 27.9 Å². The van der Waals surface area contributed by atoms with E-state index in [0.29, 0.717) is 29.2 Å². The summed E-state index contributed by atoms with van der Waals surface area (Å²) in [6.45, 7) is 2.13. The summed E-state index contributed by atoms with van der Waals surface area (Å²) in [6, 6.07) is 12.4. The molecule has 0 radical (unpaired) electrons. The van der Waals surface area contributed by atoms with Gasteiger partial charge in [-0.2, -0.15) is 0 Å². The molecular formula is C29H27ClFNO7. The summed E-state index contributed by atoms with van der Waals surface area (Å²) in [4.78, 5) is 28.2. The van der Waals surface area contributed by atoms with Gasteiger partial charge in [0.05, 0.1) is 50.1 Å². The highest BCUT2D eigenvalue weighted by Gasteiger charge is 2.46. The number of carbonyl (C=O) groups is 2. The fourth-order valence-corrected chi connectivity index (χ4v) is 4.73. The first-order valence-corrected chi connectivity index (χ1v) is 12.4. The van der Waals surface area contributed by atoms with E-state index in [1.54, 1.807) is 18.2 Å². The average Bonchev–Trinajstić information content (AvgIpc) is 3.18. The summed E-state index contributed by atoms with van der Waals surface area (Å²) in [5.41, 5.74) is 1.02. The third-order valence-corrected chi connectivity index (χ3v) is 6.63. The highest BCUT2D eigenvalue weighted by Crippen LogP contribution is 2.45. The van der Waals surface area contributed by atoms with Crippen molar-refractivity contribution in [3.8, 4) is 23.0 Å². The monoisotopic (exact) mass is 555 g/mol. The highest BCUT2D eigenvalue weighted by molar-refractivity contribution is 6.46. The molecule has 4 rings (SSSR count). The van der Waals surface area contributed by atoms with Crippen LogP contribution in [0.4, 0.5) is 4.39 Å². The lowest BCUT2D eigenvalue weighted by atomic mass is 9.94. The molecule has 0 aliphatic carbocycles. The lowest BCUT2D eigenvalue weighted by Crippen LogP contribution is -2.29. The van der Waals surface area contributed by atoms with Crippen LogP contribution in [0.15, 0.2) is 60.2 Å². The number of likely N-dealkylation sites (tertiary alicyclic amines) is 1. The Morgan fingerprint density at radius 1 is 0.923 bits per heavy atom. The number of carbonyl (C=O) groups excluding carboxylic acids is 2. The van der Waals surface area contributed by atoms with Crippen LogP contribution >= 0.6 is 11.6 Å². The first-order chi connectivity index (χ1) is 18.7. The molecule has 1 aliphatic heterocycles. The van der Waals surface area contributed by atoms with E-state index in [1.807, 2.05) is 6.92 Å². The summed E-state index contributed by atoms with van der Waals surface area (Å²) in [7, 11) is 4.29. The van der Waals surface area contributed by atoms with Crippen LogP contribution in [-0.4, -0.2) is 49.6 Å². The Hall–Kier alpha value is -4.24. The Kier molecular flexibility index (Phi) is 8.30. The van der Waals surface area contributed by atoms with Gasteiger partial charge >= 0.3 is 0 Å². The van der Waals surface area contributed by atoms with Crippen molar-refractivity contribution in [1.29, 1.82) is 0 Å². The Morgan fingerprint density at radius 3 is 2.21 bits per heavy atom. The topological polar surface area (TPSA) is 94.5 Å². The standard InChI is InChI=1S/C29H27ClFNO7/c1-5-39-24-12-17(8-11-21(24)36-2)26-25(27(33)19-13-23(38-4)20(30)14-22(19)37-3)28(34)29(35)32(26)15-16-6-9-18(31)10-7-16/h6-14,26,33H,5,15H2,1-4H3/b27-25+. The minimum atomic E-state index is -1.02. The zero-order chi connectivity index (χ0) is 28.3. The van der Waals surface area contributed by atoms with Crippen molar-refractivity contribution in [3.63, 3.8) is 0 Å². The van der Waals surface area contributed by atoms with E-state index >= 15 is 0 Å². The number of aliphatic hydroxyl groups excluding tert-OH is 1. The molecule has 0 spiro atoms. The molecule has 0 aromatic heterocycles. The lowest BCUT2D eigenvalue weighted by molar-refractivity contribution is -0.140. The first-order valence-electron chi connectivity index (χ1n) is 12.0. The average molecular weight is 556 g/mol. The van der Waals surface area contributed by atoms with Crippen molar-refractivity contribution in [2.45, 2.75) is 19.5 Å². The quantitative estimate of drug-likeness (QED) is 0.211. The maximum Gasteiger partial charge on any atom is 0.295 e. The number of rotatable bonds is 9. The van der Waals surface area contributed by atoms with Crippen LogP contribution in [-0.2, 0) is 16.1 Å². The van der Waals surface area contributed by atoms with Gasteiger partial charge < -0.3 is 29.0 Å². The Balaban J connectivity index is 1.95. The van der Waals surface area contributed by atoms with Crippen molar-refractivity contribution in [2.24, 2.45) is 0 Å². The number of hydrogen-bond donors (Lipinski definition) is 1. The molecule has 204 valence electrons. The Labute approximate surface area is 230 Å². The first kappa shape index (κ1) is 27.8. The van der Waals surface area contributed by atoms with Crippen LogP contribution in [0.1, 0.15) is 29.7 Å². The van der Waals surface area contributed by atoms with Gasteiger partial charge in [0.15, 0.2) is 11.5 Å². The second-order valence-corrected chi connectivity index (χ2v) is 8.99. The van der Waals surface area contributed by atoms with Crippen molar-refractivity contribution < 1.29 is 38.0 Å². The molecule has 1 N–H and O–H groups in total. The summed E-state index contributed by atoms with van der Waals surface area (Å²) in [5, 5.41) is 11.8. The highest BCUT2D eigenvalue weighted by atomic mass is 35.5. The van der Waals surface area contributed by atoms with Crippen LogP contribution in [0.25, 0.3) is 5.76 Å². The summed E-state index contributed by atoms with van der Waals surface area (Å²) < 4.78 is 35.4. The number of halogens is 2. The lowest BCUT2D eigenvalue weighted by Gasteiger charge is -2.26. The molecule has 1 aliphatic rings. The van der Waals surface area contributed by atoms with Gasteiger partial charge in [-0.05, 0) is 48.4 Å². The number of hydrogen-bond acceptors (Lipinski definition) is 7. The van der Waals surface area contributed by atoms with E-state index in [4.69, 9.17) is 30.5 Å². The van der Waals surface area contributed by atoms with Gasteiger partial charge in [-0.25, -0.2) is 4.39 Å². The number of amides is 1. The molecule has 39 heavy (non-hydrogen) atoms. The van der Waals surface area contributed by atoms with Crippen LogP contribution in [0.3, 0.4) is 0 Å². The maximum atomic E-state index is 13.6. The number of methoxy groups -OCH3 is 3. The summed E-state index contributed by atoms with van der Waals surface area (Å²) in [6.07, 6.45) is 0. The molecule has 1 unspecified atom stereocenters. The van der Waals surface area contributed by atoms with E-state index in [1.165, 1.54) is 62.6 Å².